The standard InChI is InChI=1S/C57H98O6/c1-4-7-10-13-16-19-22-25-28-30-32-35-38-41-44-47-50-56(59)62-53-54(52-61-55(58)49-46-43-40-37-34-31-27-24-21-18-15-12-9-6-3)63-57(60)51-48-45-42-39-36-33-29-26-23-20-17-14-11-8-5-2/h7,10,16,19-20,23,25,28,31-32,34-35,54H,4-6,8-9,11-15,17-18,21-22,24,26-27,29-30,33,36-53H2,1-3H3/b10-7-,19-16-,23-20-,28-25-,34-31-,35-32-. The lowest BCUT2D eigenvalue weighted by Crippen LogP contribution is -2.30. The van der Waals surface area contributed by atoms with Gasteiger partial charge in [0.15, 0.2) is 6.10 Å². The van der Waals surface area contributed by atoms with Crippen molar-refractivity contribution in [2.45, 2.75) is 258 Å². The molecule has 1 atom stereocenters. The number of ether oxygens (including phenoxy) is 3. The Labute approximate surface area is 389 Å². The van der Waals surface area contributed by atoms with Crippen LogP contribution in [0.5, 0.6) is 0 Å². The first-order valence-electron chi connectivity index (χ1n) is 26.4. The molecule has 0 N–H and O–H groups in total. The van der Waals surface area contributed by atoms with Crippen molar-refractivity contribution in [2.24, 2.45) is 0 Å². The Morgan fingerprint density at radius 3 is 1.02 bits per heavy atom. The molecule has 0 saturated heterocycles. The average molecular weight is 879 g/mol. The van der Waals surface area contributed by atoms with Crippen LogP contribution >= 0.6 is 0 Å². The van der Waals surface area contributed by atoms with E-state index in [1.807, 2.05) is 0 Å². The highest BCUT2D eigenvalue weighted by Gasteiger charge is 2.19. The summed E-state index contributed by atoms with van der Waals surface area (Å²) in [6.07, 6.45) is 64.5. The summed E-state index contributed by atoms with van der Waals surface area (Å²) in [5.41, 5.74) is 0. The molecule has 0 aliphatic rings. The summed E-state index contributed by atoms with van der Waals surface area (Å²) in [6, 6.07) is 0. The predicted molar refractivity (Wildman–Crippen MR) is 270 cm³/mol. The summed E-state index contributed by atoms with van der Waals surface area (Å²) in [5.74, 6) is -0.943. The van der Waals surface area contributed by atoms with E-state index in [1.54, 1.807) is 0 Å². The first-order valence-corrected chi connectivity index (χ1v) is 26.4. The predicted octanol–water partition coefficient (Wildman–Crippen LogP) is 17.4. The van der Waals surface area contributed by atoms with Crippen molar-refractivity contribution >= 4 is 17.9 Å². The number of hydrogen-bond donors (Lipinski definition) is 0. The summed E-state index contributed by atoms with van der Waals surface area (Å²) in [7, 11) is 0. The van der Waals surface area contributed by atoms with Crippen LogP contribution in [0.1, 0.15) is 252 Å². The first kappa shape index (κ1) is 59.9. The lowest BCUT2D eigenvalue weighted by molar-refractivity contribution is -0.167. The number of carbonyl (C=O) groups is 3. The van der Waals surface area contributed by atoms with Gasteiger partial charge < -0.3 is 14.2 Å². The number of carbonyl (C=O) groups excluding carboxylic acids is 3. The zero-order valence-corrected chi connectivity index (χ0v) is 41.3. The second kappa shape index (κ2) is 51.5. The van der Waals surface area contributed by atoms with Gasteiger partial charge in [-0.05, 0) is 109 Å². The maximum absolute atomic E-state index is 12.8. The van der Waals surface area contributed by atoms with Crippen LogP contribution in [-0.2, 0) is 28.6 Å². The third kappa shape index (κ3) is 49.7. The number of rotatable bonds is 47. The van der Waals surface area contributed by atoms with Crippen molar-refractivity contribution in [1.29, 1.82) is 0 Å². The van der Waals surface area contributed by atoms with E-state index in [2.05, 4.69) is 93.7 Å². The fourth-order valence-electron chi connectivity index (χ4n) is 7.19. The van der Waals surface area contributed by atoms with Crippen LogP contribution in [0.4, 0.5) is 0 Å². The van der Waals surface area contributed by atoms with E-state index in [0.29, 0.717) is 19.3 Å². The number of allylic oxidation sites excluding steroid dienone is 12. The zero-order valence-electron chi connectivity index (χ0n) is 41.3. The molecule has 0 radical (unpaired) electrons. The molecule has 0 spiro atoms. The Balaban J connectivity index is 4.46. The van der Waals surface area contributed by atoms with Gasteiger partial charge in [-0.1, -0.05) is 196 Å². The second-order valence-corrected chi connectivity index (χ2v) is 17.4. The average Bonchev–Trinajstić information content (AvgIpc) is 3.28. The lowest BCUT2D eigenvalue weighted by Gasteiger charge is -2.18. The van der Waals surface area contributed by atoms with Gasteiger partial charge in [-0.2, -0.15) is 0 Å². The quantitative estimate of drug-likeness (QED) is 0.0262. The van der Waals surface area contributed by atoms with Crippen molar-refractivity contribution in [3.8, 4) is 0 Å². The van der Waals surface area contributed by atoms with Gasteiger partial charge in [-0.25, -0.2) is 0 Å². The fourth-order valence-corrected chi connectivity index (χ4v) is 7.19. The maximum atomic E-state index is 12.8. The normalized spacial score (nSPS) is 12.6. The van der Waals surface area contributed by atoms with Gasteiger partial charge in [-0.3, -0.25) is 14.4 Å². The highest BCUT2D eigenvalue weighted by atomic mass is 16.6. The van der Waals surface area contributed by atoms with Gasteiger partial charge in [0.25, 0.3) is 0 Å². The summed E-state index contributed by atoms with van der Waals surface area (Å²) in [6.45, 7) is 6.47. The van der Waals surface area contributed by atoms with E-state index in [-0.39, 0.29) is 31.1 Å². The first-order chi connectivity index (χ1) is 31.0. The van der Waals surface area contributed by atoms with Gasteiger partial charge >= 0.3 is 17.9 Å². The molecule has 63 heavy (non-hydrogen) atoms. The maximum Gasteiger partial charge on any atom is 0.306 e. The molecule has 6 heteroatoms. The van der Waals surface area contributed by atoms with E-state index in [0.717, 1.165) is 103 Å². The minimum atomic E-state index is -0.796. The third-order valence-corrected chi connectivity index (χ3v) is 11.2. The summed E-state index contributed by atoms with van der Waals surface area (Å²) >= 11 is 0. The highest BCUT2D eigenvalue weighted by Crippen LogP contribution is 2.14. The summed E-state index contributed by atoms with van der Waals surface area (Å²) in [5, 5.41) is 0. The lowest BCUT2D eigenvalue weighted by atomic mass is 10.1. The molecule has 0 heterocycles. The molecular formula is C57H98O6. The van der Waals surface area contributed by atoms with Crippen molar-refractivity contribution < 1.29 is 28.6 Å². The van der Waals surface area contributed by atoms with Crippen LogP contribution in [0.3, 0.4) is 0 Å². The molecule has 0 fully saturated rings. The molecular weight excluding hydrogens is 781 g/mol. The zero-order chi connectivity index (χ0) is 45.8. The second-order valence-electron chi connectivity index (χ2n) is 17.4. The Morgan fingerprint density at radius 2 is 0.619 bits per heavy atom. The van der Waals surface area contributed by atoms with Gasteiger partial charge in [0.1, 0.15) is 13.2 Å². The molecule has 0 aromatic carbocycles. The minimum Gasteiger partial charge on any atom is -0.462 e. The van der Waals surface area contributed by atoms with E-state index in [4.69, 9.17) is 14.2 Å². The number of esters is 3. The van der Waals surface area contributed by atoms with Crippen LogP contribution < -0.4 is 0 Å². The smallest absolute Gasteiger partial charge is 0.306 e. The topological polar surface area (TPSA) is 78.9 Å². The molecule has 1 unspecified atom stereocenters. The number of unbranched alkanes of at least 4 members (excludes halogenated alkanes) is 24. The molecule has 0 aliphatic heterocycles. The molecule has 0 bridgehead atoms. The van der Waals surface area contributed by atoms with Crippen molar-refractivity contribution in [2.75, 3.05) is 13.2 Å². The summed E-state index contributed by atoms with van der Waals surface area (Å²) < 4.78 is 16.8. The monoisotopic (exact) mass is 879 g/mol. The van der Waals surface area contributed by atoms with E-state index in [9.17, 15) is 14.4 Å². The molecule has 362 valence electrons. The van der Waals surface area contributed by atoms with Crippen LogP contribution in [0.15, 0.2) is 72.9 Å². The van der Waals surface area contributed by atoms with Gasteiger partial charge in [-0.15, -0.1) is 0 Å². The van der Waals surface area contributed by atoms with Crippen LogP contribution in [-0.4, -0.2) is 37.2 Å². The van der Waals surface area contributed by atoms with Gasteiger partial charge in [0.05, 0.1) is 0 Å². The molecule has 6 nitrogen and oxygen atoms in total. The Morgan fingerprint density at radius 1 is 0.333 bits per heavy atom. The fraction of sp³-hybridized carbons (Fsp3) is 0.737. The molecule has 0 aromatic heterocycles. The van der Waals surface area contributed by atoms with Crippen LogP contribution in [0.25, 0.3) is 0 Å². The van der Waals surface area contributed by atoms with Crippen molar-refractivity contribution in [1.82, 2.24) is 0 Å². The van der Waals surface area contributed by atoms with Crippen LogP contribution in [0, 0.1) is 0 Å². The van der Waals surface area contributed by atoms with Crippen LogP contribution in [0.2, 0.25) is 0 Å². The van der Waals surface area contributed by atoms with Gasteiger partial charge in [0.2, 0.25) is 0 Å². The van der Waals surface area contributed by atoms with Gasteiger partial charge in [0, 0.05) is 19.3 Å². The molecule has 0 amide bonds. The van der Waals surface area contributed by atoms with Crippen molar-refractivity contribution in [3.05, 3.63) is 72.9 Å². The molecule has 0 aromatic rings. The van der Waals surface area contributed by atoms with E-state index in [1.165, 1.54) is 109 Å². The Kier molecular flexibility index (Phi) is 48.9. The molecule has 0 rings (SSSR count). The highest BCUT2D eigenvalue weighted by molar-refractivity contribution is 5.71. The molecule has 0 saturated carbocycles. The SMILES string of the molecule is CC/C=C\C/C=C\C/C=C\C/C=C\CCCCCC(=O)OCC(COC(=O)CCCCC/C=C\CCCCCCCCC)OC(=O)CCCCCCCCC/C=C\CCCCCC. The number of hydrogen-bond acceptors (Lipinski definition) is 6. The Hall–Kier alpha value is -3.15. The van der Waals surface area contributed by atoms with E-state index >= 15 is 0 Å². The third-order valence-electron chi connectivity index (χ3n) is 11.2. The van der Waals surface area contributed by atoms with Crippen molar-refractivity contribution in [3.63, 3.8) is 0 Å². The Bertz CT molecular complexity index is 1190. The summed E-state index contributed by atoms with van der Waals surface area (Å²) in [4.78, 5) is 38.0. The minimum absolute atomic E-state index is 0.0951. The largest absolute Gasteiger partial charge is 0.462 e. The van der Waals surface area contributed by atoms with E-state index < -0.39 is 6.10 Å². The molecule has 0 aliphatic carbocycles.